The highest BCUT2D eigenvalue weighted by atomic mass is 16.5. The molecule has 5 aromatic rings. The van der Waals surface area contributed by atoms with Crippen LogP contribution in [0.1, 0.15) is 103 Å². The van der Waals surface area contributed by atoms with Crippen molar-refractivity contribution in [2.75, 3.05) is 20.3 Å². The monoisotopic (exact) mass is 704 g/mol. The van der Waals surface area contributed by atoms with Crippen LogP contribution >= 0.6 is 0 Å². The molecule has 4 heterocycles. The molecule has 2 aromatic heterocycles. The van der Waals surface area contributed by atoms with E-state index in [1.807, 2.05) is 29.8 Å². The highest BCUT2D eigenvalue weighted by molar-refractivity contribution is 6.07. The van der Waals surface area contributed by atoms with E-state index in [1.54, 1.807) is 7.11 Å². The molecule has 52 heavy (non-hydrogen) atoms. The number of imidazole rings is 2. The summed E-state index contributed by atoms with van der Waals surface area (Å²) in [6.45, 7) is 14.1. The summed E-state index contributed by atoms with van der Waals surface area (Å²) >= 11 is 0. The van der Waals surface area contributed by atoms with E-state index in [-0.39, 0.29) is 41.8 Å². The molecule has 10 heteroatoms. The van der Waals surface area contributed by atoms with Crippen molar-refractivity contribution in [1.29, 1.82) is 0 Å². The molecular formula is C42H52N6O4. The third-order valence-corrected chi connectivity index (χ3v) is 11.3. The molecule has 274 valence electrons. The normalized spacial score (nSPS) is 18.6. The minimum atomic E-state index is -0.155. The number of H-pyrrole nitrogens is 2. The fourth-order valence-corrected chi connectivity index (χ4v) is 8.08. The second-order valence-corrected chi connectivity index (χ2v) is 14.9. The SMILES string of the molecule is CCCC(=O)N([C@@H](C)CC)[C@@H](C)c1ncc(-c2ccc3c(c2)COc2cc4c(ccc5[nH]c([C@@H]6C[C@H](COC)CN6C(=O)[C@@H](C)CC)nc54)cc2-3)[nH]1. The van der Waals surface area contributed by atoms with E-state index in [0.29, 0.717) is 26.2 Å². The molecule has 0 radical (unpaired) electrons. The molecule has 7 rings (SSSR count). The van der Waals surface area contributed by atoms with Gasteiger partial charge in [-0.25, -0.2) is 9.97 Å². The number of ether oxygens (including phenoxy) is 2. The summed E-state index contributed by atoms with van der Waals surface area (Å²) in [4.78, 5) is 47.4. The Hall–Kier alpha value is -4.70. The maximum absolute atomic E-state index is 13.4. The van der Waals surface area contributed by atoms with Crippen molar-refractivity contribution in [1.82, 2.24) is 29.7 Å². The zero-order valence-electron chi connectivity index (χ0n) is 31.6. The van der Waals surface area contributed by atoms with Gasteiger partial charge in [-0.15, -0.1) is 0 Å². The Kier molecular flexibility index (Phi) is 10.1. The highest BCUT2D eigenvalue weighted by Crippen LogP contribution is 2.43. The van der Waals surface area contributed by atoms with Crippen molar-refractivity contribution >= 4 is 33.6 Å². The fourth-order valence-electron chi connectivity index (χ4n) is 8.08. The molecule has 5 atom stereocenters. The van der Waals surface area contributed by atoms with Crippen molar-refractivity contribution in [3.05, 3.63) is 65.9 Å². The van der Waals surface area contributed by atoms with Crippen LogP contribution < -0.4 is 4.74 Å². The molecule has 3 aromatic carbocycles. The Morgan fingerprint density at radius 1 is 1.04 bits per heavy atom. The Morgan fingerprint density at radius 2 is 1.87 bits per heavy atom. The number of amides is 2. The van der Waals surface area contributed by atoms with E-state index in [4.69, 9.17) is 19.4 Å². The topological polar surface area (TPSA) is 116 Å². The van der Waals surface area contributed by atoms with Crippen molar-refractivity contribution < 1.29 is 19.1 Å². The van der Waals surface area contributed by atoms with Gasteiger partial charge in [-0.2, -0.15) is 0 Å². The lowest BCUT2D eigenvalue weighted by Gasteiger charge is -2.33. The quantitative estimate of drug-likeness (QED) is 0.134. The van der Waals surface area contributed by atoms with Crippen LogP contribution in [0.25, 0.3) is 44.2 Å². The van der Waals surface area contributed by atoms with E-state index >= 15 is 0 Å². The predicted octanol–water partition coefficient (Wildman–Crippen LogP) is 8.74. The van der Waals surface area contributed by atoms with Crippen molar-refractivity contribution in [2.45, 2.75) is 98.4 Å². The largest absolute Gasteiger partial charge is 0.488 e. The van der Waals surface area contributed by atoms with Crippen LogP contribution in [0.2, 0.25) is 0 Å². The van der Waals surface area contributed by atoms with Gasteiger partial charge in [-0.1, -0.05) is 45.9 Å². The molecule has 10 nitrogen and oxygen atoms in total. The van der Waals surface area contributed by atoms with E-state index in [9.17, 15) is 9.59 Å². The number of hydrogen-bond donors (Lipinski definition) is 2. The van der Waals surface area contributed by atoms with E-state index in [2.05, 4.69) is 80.1 Å². The number of carbonyl (C=O) groups is 2. The maximum Gasteiger partial charge on any atom is 0.226 e. The van der Waals surface area contributed by atoms with Crippen LogP contribution in [0, 0.1) is 11.8 Å². The first-order valence-electron chi connectivity index (χ1n) is 19.0. The summed E-state index contributed by atoms with van der Waals surface area (Å²) in [5.74, 6) is 3.02. The minimum absolute atomic E-state index is 0.0371. The summed E-state index contributed by atoms with van der Waals surface area (Å²) in [6.07, 6.45) is 5.73. The molecular weight excluding hydrogens is 652 g/mol. The van der Waals surface area contributed by atoms with Gasteiger partial charge in [-0.05, 0) is 85.9 Å². The second kappa shape index (κ2) is 14.7. The summed E-state index contributed by atoms with van der Waals surface area (Å²) in [5.41, 5.74) is 7.08. The van der Waals surface area contributed by atoms with Crippen molar-refractivity contribution in [2.24, 2.45) is 11.8 Å². The number of hydrogen-bond acceptors (Lipinski definition) is 6. The van der Waals surface area contributed by atoms with Crippen molar-refractivity contribution in [3.63, 3.8) is 0 Å². The number of aromatic nitrogens is 4. The van der Waals surface area contributed by atoms with Crippen LogP contribution in [0.15, 0.2) is 48.7 Å². The number of nitrogens with one attached hydrogen (secondary N) is 2. The summed E-state index contributed by atoms with van der Waals surface area (Å²) in [6, 6.07) is 14.9. The third kappa shape index (κ3) is 6.46. The average molecular weight is 705 g/mol. The molecule has 1 fully saturated rings. The van der Waals surface area contributed by atoms with Gasteiger partial charge in [0.05, 0.1) is 41.6 Å². The van der Waals surface area contributed by atoms with Gasteiger partial charge in [0.15, 0.2) is 0 Å². The molecule has 0 spiro atoms. The molecule has 0 bridgehead atoms. The van der Waals surface area contributed by atoms with Gasteiger partial charge in [0, 0.05) is 48.9 Å². The first kappa shape index (κ1) is 35.7. The fraction of sp³-hybridized carbons (Fsp3) is 0.476. The molecule has 2 aliphatic heterocycles. The van der Waals surface area contributed by atoms with Gasteiger partial charge < -0.3 is 29.2 Å². The van der Waals surface area contributed by atoms with Gasteiger partial charge in [0.25, 0.3) is 0 Å². The molecule has 2 aliphatic rings. The molecule has 0 saturated carbocycles. The molecule has 2 N–H and O–H groups in total. The summed E-state index contributed by atoms with van der Waals surface area (Å²) in [7, 11) is 1.72. The van der Waals surface area contributed by atoms with Crippen LogP contribution in [-0.4, -0.2) is 67.9 Å². The van der Waals surface area contributed by atoms with E-state index in [0.717, 1.165) is 92.8 Å². The number of methoxy groups -OCH3 is 1. The lowest BCUT2D eigenvalue weighted by Crippen LogP contribution is -2.40. The molecule has 2 amide bonds. The number of likely N-dealkylation sites (tertiary alicyclic amines) is 1. The lowest BCUT2D eigenvalue weighted by molar-refractivity contribution is -0.137. The molecule has 1 saturated heterocycles. The zero-order valence-corrected chi connectivity index (χ0v) is 31.6. The number of fused-ring (bicyclic) bond motifs is 6. The van der Waals surface area contributed by atoms with Gasteiger partial charge in [0.2, 0.25) is 11.8 Å². The molecule has 0 unspecified atom stereocenters. The summed E-state index contributed by atoms with van der Waals surface area (Å²) < 4.78 is 11.9. The van der Waals surface area contributed by atoms with Gasteiger partial charge in [-0.3, -0.25) is 9.59 Å². The zero-order chi connectivity index (χ0) is 36.7. The van der Waals surface area contributed by atoms with Crippen LogP contribution in [0.5, 0.6) is 5.75 Å². The molecule has 0 aliphatic carbocycles. The third-order valence-electron chi connectivity index (χ3n) is 11.3. The lowest BCUT2D eigenvalue weighted by atomic mass is 9.92. The average Bonchev–Trinajstić information content (AvgIpc) is 3.92. The van der Waals surface area contributed by atoms with Crippen LogP contribution in [0.4, 0.5) is 0 Å². The Morgan fingerprint density at radius 3 is 2.62 bits per heavy atom. The predicted molar refractivity (Wildman–Crippen MR) is 205 cm³/mol. The Bertz CT molecular complexity index is 2100. The minimum Gasteiger partial charge on any atom is -0.488 e. The van der Waals surface area contributed by atoms with E-state index < -0.39 is 0 Å². The first-order chi connectivity index (χ1) is 25.1. The Labute approximate surface area is 306 Å². The number of aromatic amines is 2. The highest BCUT2D eigenvalue weighted by Gasteiger charge is 2.39. The standard InChI is InChI=1S/C42H52N6O4/c1-8-11-38(49)48(25(5)10-3)26(6)40-43-20-35(45-40)29-12-14-31-30(17-29)23-52-37-19-32-28(18-33(31)37)13-15-34-39(32)46-41(44-34)36-16-27(22-51-7)21-47(36)42(50)24(4)9-2/h12-15,17-20,24-27,36H,8-11,16,21-23H2,1-7H3,(H,43,45)(H,44,46)/t24-,25-,26-,27-,36-/m0/s1. The van der Waals surface area contributed by atoms with E-state index in [1.165, 1.54) is 0 Å². The second-order valence-electron chi connectivity index (χ2n) is 14.9. The first-order valence-corrected chi connectivity index (χ1v) is 19.0. The van der Waals surface area contributed by atoms with Gasteiger partial charge >= 0.3 is 0 Å². The number of carbonyl (C=O) groups excluding carboxylic acids is 2. The Balaban J connectivity index is 1.17. The number of nitrogens with zero attached hydrogens (tertiary/aromatic N) is 4. The number of benzene rings is 3. The van der Waals surface area contributed by atoms with Crippen LogP contribution in [-0.2, 0) is 20.9 Å². The van der Waals surface area contributed by atoms with Crippen LogP contribution in [0.3, 0.4) is 0 Å². The smallest absolute Gasteiger partial charge is 0.226 e. The maximum atomic E-state index is 13.4. The van der Waals surface area contributed by atoms with Gasteiger partial charge in [0.1, 0.15) is 24.0 Å². The summed E-state index contributed by atoms with van der Waals surface area (Å²) in [5, 5.41) is 2.10. The number of rotatable bonds is 12. The van der Waals surface area contributed by atoms with Crippen molar-refractivity contribution in [3.8, 4) is 28.1 Å².